The molecule has 0 aromatic carbocycles. The molecule has 0 aliphatic carbocycles. The third kappa shape index (κ3) is 3.85. The number of hydrogen-bond acceptors (Lipinski definition) is 2. The van der Waals surface area contributed by atoms with E-state index in [1.807, 2.05) is 0 Å². The van der Waals surface area contributed by atoms with Crippen molar-refractivity contribution < 1.29 is 18.3 Å². The van der Waals surface area contributed by atoms with Gasteiger partial charge < -0.3 is 4.74 Å². The average Bonchev–Trinajstić information content (AvgIpc) is 1.80. The molecule has 0 N–H and O–H groups in total. The lowest BCUT2D eigenvalue weighted by Gasteiger charge is -2.05. The molecule has 2 nitrogen and oxygen atoms in total. The van der Waals surface area contributed by atoms with Gasteiger partial charge in [0.2, 0.25) is 0 Å². The third-order valence-electron chi connectivity index (χ3n) is 0.542. The van der Waals surface area contributed by atoms with Gasteiger partial charge in [-0.15, -0.1) is 11.6 Å². The van der Waals surface area contributed by atoms with Gasteiger partial charge in [-0.05, 0) is 11.6 Å². The molecule has 0 aliphatic rings. The fourth-order valence-corrected chi connectivity index (χ4v) is 0.345. The first-order valence-electron chi connectivity index (χ1n) is 2.28. The average molecular weight is 193 g/mol. The largest absolute Gasteiger partial charge is 0.459 e. The van der Waals surface area contributed by atoms with Crippen LogP contribution in [0.15, 0.2) is 0 Å². The van der Waals surface area contributed by atoms with E-state index < -0.39 is 11.4 Å². The van der Waals surface area contributed by atoms with E-state index in [0.717, 1.165) is 0 Å². The van der Waals surface area contributed by atoms with Crippen molar-refractivity contribution in [2.24, 2.45) is 0 Å². The van der Waals surface area contributed by atoms with Crippen LogP contribution in [0.3, 0.4) is 0 Å². The highest BCUT2D eigenvalue weighted by Crippen LogP contribution is 2.19. The van der Waals surface area contributed by atoms with Crippen LogP contribution in [0.25, 0.3) is 0 Å². The molecular weight excluding hydrogens is 189 g/mol. The monoisotopic (exact) mass is 192 g/mol. The van der Waals surface area contributed by atoms with Crippen molar-refractivity contribution in [3.05, 3.63) is 0 Å². The van der Waals surface area contributed by atoms with Crippen molar-refractivity contribution in [2.75, 3.05) is 12.5 Å². The van der Waals surface area contributed by atoms with Gasteiger partial charge in [0.15, 0.2) is 0 Å². The van der Waals surface area contributed by atoms with E-state index in [9.17, 15) is 13.6 Å². The van der Waals surface area contributed by atoms with Crippen molar-refractivity contribution >= 4 is 29.2 Å². The third-order valence-corrected chi connectivity index (χ3v) is 0.850. The summed E-state index contributed by atoms with van der Waals surface area (Å²) in [6, 6.07) is 0. The molecule has 0 aliphatic heterocycles. The molecule has 0 aromatic heterocycles. The van der Waals surface area contributed by atoms with Crippen molar-refractivity contribution in [3.8, 4) is 0 Å². The van der Waals surface area contributed by atoms with Gasteiger partial charge in [-0.3, -0.25) is 0 Å². The normalized spacial score (nSPS) is 11.2. The maximum Gasteiger partial charge on any atom is 0.417 e. The van der Waals surface area contributed by atoms with E-state index in [-0.39, 0.29) is 12.5 Å². The van der Waals surface area contributed by atoms with Gasteiger partial charge in [-0.2, -0.15) is 8.78 Å². The highest BCUT2D eigenvalue weighted by atomic mass is 35.5. The molecule has 0 radical (unpaired) electrons. The summed E-state index contributed by atoms with van der Waals surface area (Å²) in [6.07, 6.45) is 0. The Morgan fingerprint density at radius 2 is 2.10 bits per heavy atom. The number of halogens is 4. The first-order valence-corrected chi connectivity index (χ1v) is 3.19. The Labute approximate surface area is 66.0 Å². The second kappa shape index (κ2) is 3.93. The van der Waals surface area contributed by atoms with Crippen molar-refractivity contribution in [2.45, 2.75) is 5.38 Å². The number of esters is 1. The highest BCUT2D eigenvalue weighted by Gasteiger charge is 2.37. The summed E-state index contributed by atoms with van der Waals surface area (Å²) in [5, 5.41) is -3.94. The van der Waals surface area contributed by atoms with E-state index in [1.54, 1.807) is 0 Å². The first-order chi connectivity index (χ1) is 4.48. The van der Waals surface area contributed by atoms with Crippen LogP contribution in [0.4, 0.5) is 8.78 Å². The van der Waals surface area contributed by atoms with E-state index in [0.29, 0.717) is 0 Å². The van der Waals surface area contributed by atoms with Crippen LogP contribution in [0.1, 0.15) is 0 Å². The summed E-state index contributed by atoms with van der Waals surface area (Å²) >= 11 is 9.30. The van der Waals surface area contributed by atoms with E-state index in [2.05, 4.69) is 16.3 Å². The molecule has 60 valence electrons. The van der Waals surface area contributed by atoms with Crippen LogP contribution in [-0.2, 0) is 9.53 Å². The van der Waals surface area contributed by atoms with Gasteiger partial charge in [0.05, 0.1) is 5.88 Å². The van der Waals surface area contributed by atoms with Crippen LogP contribution in [0.2, 0.25) is 0 Å². The molecular formula is C4H4Cl2F2O2. The summed E-state index contributed by atoms with van der Waals surface area (Å²) < 4.78 is 27.3. The molecule has 0 amide bonds. The minimum absolute atomic E-state index is 0.0291. The molecule has 0 aromatic rings. The minimum atomic E-state index is -3.94. The Morgan fingerprint density at radius 1 is 1.60 bits per heavy atom. The Bertz CT molecular complexity index is 123. The molecule has 0 rings (SSSR count). The molecule has 0 saturated heterocycles. The van der Waals surface area contributed by atoms with Crippen molar-refractivity contribution in [3.63, 3.8) is 0 Å². The molecule has 0 fully saturated rings. The number of carbonyl (C=O) groups is 1. The van der Waals surface area contributed by atoms with Gasteiger partial charge in [0.1, 0.15) is 6.61 Å². The Hall–Kier alpha value is -0.0900. The number of ether oxygens (including phenoxy) is 1. The van der Waals surface area contributed by atoms with Crippen molar-refractivity contribution in [1.82, 2.24) is 0 Å². The molecule has 6 heteroatoms. The zero-order valence-electron chi connectivity index (χ0n) is 4.74. The number of carbonyl (C=O) groups excluding carboxylic acids is 1. The molecule has 0 bridgehead atoms. The SMILES string of the molecule is O=C(OCCCl)C(F)(F)Cl. The van der Waals surface area contributed by atoms with Crippen LogP contribution in [0.5, 0.6) is 0 Å². The molecule has 0 heterocycles. The summed E-state index contributed by atoms with van der Waals surface area (Å²) in [5.41, 5.74) is 0. The fourth-order valence-electron chi connectivity index (χ4n) is 0.213. The Balaban J connectivity index is 3.64. The van der Waals surface area contributed by atoms with E-state index in [1.165, 1.54) is 0 Å². The smallest absolute Gasteiger partial charge is 0.417 e. The van der Waals surface area contributed by atoms with Gasteiger partial charge in [-0.1, -0.05) is 0 Å². The lowest BCUT2D eigenvalue weighted by molar-refractivity contribution is -0.160. The Morgan fingerprint density at radius 3 is 2.40 bits per heavy atom. The van der Waals surface area contributed by atoms with Gasteiger partial charge >= 0.3 is 11.4 Å². The zero-order valence-corrected chi connectivity index (χ0v) is 6.25. The Kier molecular flexibility index (Phi) is 3.89. The van der Waals surface area contributed by atoms with Crippen LogP contribution >= 0.6 is 23.2 Å². The lowest BCUT2D eigenvalue weighted by atomic mass is 10.7. The number of rotatable bonds is 3. The second-order valence-corrected chi connectivity index (χ2v) is 2.18. The van der Waals surface area contributed by atoms with Gasteiger partial charge in [0.25, 0.3) is 0 Å². The lowest BCUT2D eigenvalue weighted by Crippen LogP contribution is -2.24. The summed E-state index contributed by atoms with van der Waals surface area (Å²) in [6.45, 7) is -0.261. The minimum Gasteiger partial charge on any atom is -0.459 e. The predicted molar refractivity (Wildman–Crippen MR) is 32.5 cm³/mol. The predicted octanol–water partition coefficient (Wildman–Crippen LogP) is 1.60. The van der Waals surface area contributed by atoms with Crippen LogP contribution in [-0.4, -0.2) is 23.8 Å². The second-order valence-electron chi connectivity index (χ2n) is 1.32. The molecule has 0 unspecified atom stereocenters. The summed E-state index contributed by atoms with van der Waals surface area (Å²) in [7, 11) is 0. The highest BCUT2D eigenvalue weighted by molar-refractivity contribution is 6.31. The van der Waals surface area contributed by atoms with Crippen molar-refractivity contribution in [1.29, 1.82) is 0 Å². The van der Waals surface area contributed by atoms with Crippen LogP contribution < -0.4 is 0 Å². The van der Waals surface area contributed by atoms with Crippen LogP contribution in [0, 0.1) is 0 Å². The van der Waals surface area contributed by atoms with E-state index >= 15 is 0 Å². The number of alkyl halides is 4. The quantitative estimate of drug-likeness (QED) is 0.502. The molecule has 10 heavy (non-hydrogen) atoms. The zero-order chi connectivity index (χ0) is 8.20. The van der Waals surface area contributed by atoms with Gasteiger partial charge in [-0.25, -0.2) is 4.79 Å². The topological polar surface area (TPSA) is 26.3 Å². The fraction of sp³-hybridized carbons (Fsp3) is 0.750. The van der Waals surface area contributed by atoms with E-state index in [4.69, 9.17) is 11.6 Å². The molecule has 0 spiro atoms. The maximum absolute atomic E-state index is 11.7. The summed E-state index contributed by atoms with van der Waals surface area (Å²) in [4.78, 5) is 10.1. The number of hydrogen-bond donors (Lipinski definition) is 0. The molecule has 0 atom stereocenters. The standard InChI is InChI=1S/C4H4Cl2F2O2/c5-1-2-10-3(9)4(6,7)8/h1-2H2. The molecule has 0 saturated carbocycles. The summed E-state index contributed by atoms with van der Waals surface area (Å²) in [5.74, 6) is -1.80. The maximum atomic E-state index is 11.7. The van der Waals surface area contributed by atoms with Gasteiger partial charge in [0, 0.05) is 0 Å². The first kappa shape index (κ1) is 9.91.